The number of anilines is 1. The fourth-order valence-electron chi connectivity index (χ4n) is 3.04. The maximum absolute atomic E-state index is 12.4. The number of piperidine rings is 1. The Bertz CT molecular complexity index is 532. The first-order valence-electron chi connectivity index (χ1n) is 7.10. The van der Waals surface area contributed by atoms with Gasteiger partial charge in [0.2, 0.25) is 5.91 Å². The topological polar surface area (TPSA) is 64.9 Å². The molecule has 2 aliphatic rings. The van der Waals surface area contributed by atoms with Crippen LogP contribution in [0.25, 0.3) is 0 Å². The van der Waals surface area contributed by atoms with E-state index in [1.54, 1.807) is 0 Å². The zero-order valence-electron chi connectivity index (χ0n) is 11.4. The van der Waals surface area contributed by atoms with Crippen molar-refractivity contribution in [3.63, 3.8) is 0 Å². The lowest BCUT2D eigenvalue weighted by Gasteiger charge is -2.32. The van der Waals surface area contributed by atoms with Crippen LogP contribution in [0.15, 0.2) is 29.4 Å². The number of rotatable bonds is 1. The molecule has 2 aliphatic heterocycles. The van der Waals surface area contributed by atoms with Crippen molar-refractivity contribution in [3.05, 3.63) is 29.8 Å². The van der Waals surface area contributed by atoms with Crippen LogP contribution in [0.5, 0.6) is 0 Å². The van der Waals surface area contributed by atoms with Gasteiger partial charge in [-0.1, -0.05) is 23.4 Å². The smallest absolute Gasteiger partial charge is 0.241 e. The highest BCUT2D eigenvalue weighted by Gasteiger charge is 2.30. The second-order valence-corrected chi connectivity index (χ2v) is 5.40. The predicted molar refractivity (Wildman–Crippen MR) is 77.2 cm³/mol. The number of likely N-dealkylation sites (tertiary alicyclic amines) is 1. The van der Waals surface area contributed by atoms with E-state index in [-0.39, 0.29) is 11.9 Å². The highest BCUT2D eigenvalue weighted by Crippen LogP contribution is 2.24. The molecule has 3 rings (SSSR count). The third-order valence-corrected chi connectivity index (χ3v) is 4.22. The Hall–Kier alpha value is -1.88. The highest BCUT2D eigenvalue weighted by molar-refractivity contribution is 5.96. The van der Waals surface area contributed by atoms with Gasteiger partial charge in [0.1, 0.15) is 0 Å². The summed E-state index contributed by atoms with van der Waals surface area (Å²) in [6, 6.07) is 7.91. The SMILES string of the molecule is O=C1Nc2ccccc2CCC1N1CCC(=NO)CC1. The van der Waals surface area contributed by atoms with Gasteiger partial charge in [0.05, 0.1) is 11.8 Å². The van der Waals surface area contributed by atoms with E-state index < -0.39 is 0 Å². The fraction of sp³-hybridized carbons (Fsp3) is 0.467. The number of nitrogens with one attached hydrogen (secondary N) is 1. The number of hydrogen-bond acceptors (Lipinski definition) is 4. The first kappa shape index (κ1) is 13.1. The average molecular weight is 273 g/mol. The van der Waals surface area contributed by atoms with Crippen molar-refractivity contribution in [2.24, 2.45) is 5.16 Å². The van der Waals surface area contributed by atoms with Crippen molar-refractivity contribution in [2.75, 3.05) is 18.4 Å². The molecule has 1 aromatic carbocycles. The Morgan fingerprint density at radius 1 is 1.20 bits per heavy atom. The summed E-state index contributed by atoms with van der Waals surface area (Å²) in [7, 11) is 0. The quantitative estimate of drug-likeness (QED) is 0.606. The maximum Gasteiger partial charge on any atom is 0.241 e. The average Bonchev–Trinajstić information content (AvgIpc) is 2.66. The summed E-state index contributed by atoms with van der Waals surface area (Å²) in [5.41, 5.74) is 2.98. The van der Waals surface area contributed by atoms with E-state index >= 15 is 0 Å². The molecule has 2 N–H and O–H groups in total. The highest BCUT2D eigenvalue weighted by atomic mass is 16.4. The molecular weight excluding hydrogens is 254 g/mol. The van der Waals surface area contributed by atoms with Gasteiger partial charge in [-0.05, 0) is 24.5 Å². The molecule has 106 valence electrons. The zero-order chi connectivity index (χ0) is 13.9. The monoisotopic (exact) mass is 273 g/mol. The molecule has 5 nitrogen and oxygen atoms in total. The summed E-state index contributed by atoms with van der Waals surface area (Å²) < 4.78 is 0. The van der Waals surface area contributed by atoms with E-state index in [0.29, 0.717) is 0 Å². The van der Waals surface area contributed by atoms with Gasteiger partial charge in [0.25, 0.3) is 0 Å². The molecule has 1 saturated heterocycles. The molecule has 1 aromatic rings. The van der Waals surface area contributed by atoms with E-state index in [2.05, 4.69) is 21.4 Å². The van der Waals surface area contributed by atoms with Crippen molar-refractivity contribution in [1.82, 2.24) is 4.90 Å². The molecule has 0 radical (unpaired) electrons. The van der Waals surface area contributed by atoms with E-state index in [1.165, 1.54) is 5.56 Å². The number of aryl methyl sites for hydroxylation is 1. The first-order valence-corrected chi connectivity index (χ1v) is 7.10. The van der Waals surface area contributed by atoms with Gasteiger partial charge in [0.15, 0.2) is 0 Å². The number of benzene rings is 1. The number of para-hydroxylation sites is 1. The van der Waals surface area contributed by atoms with Crippen molar-refractivity contribution in [3.8, 4) is 0 Å². The summed E-state index contributed by atoms with van der Waals surface area (Å²) in [6.07, 6.45) is 3.24. The molecule has 1 fully saturated rings. The Labute approximate surface area is 118 Å². The van der Waals surface area contributed by atoms with Gasteiger partial charge in [0, 0.05) is 31.6 Å². The molecule has 0 aromatic heterocycles. The molecule has 20 heavy (non-hydrogen) atoms. The molecule has 1 atom stereocenters. The zero-order valence-corrected chi connectivity index (χ0v) is 11.4. The molecule has 0 bridgehead atoms. The number of hydrogen-bond donors (Lipinski definition) is 2. The minimum atomic E-state index is -0.0809. The molecule has 1 unspecified atom stereocenters. The summed E-state index contributed by atoms with van der Waals surface area (Å²) in [6.45, 7) is 1.57. The second kappa shape index (κ2) is 5.63. The van der Waals surface area contributed by atoms with Crippen LogP contribution in [0, 0.1) is 0 Å². The summed E-state index contributed by atoms with van der Waals surface area (Å²) in [5.74, 6) is 0.0827. The van der Waals surface area contributed by atoms with Crippen LogP contribution in [-0.4, -0.2) is 40.9 Å². The normalized spacial score (nSPS) is 23.7. The maximum atomic E-state index is 12.4. The number of carbonyl (C=O) groups excluding carboxylic acids is 1. The molecule has 0 aliphatic carbocycles. The Kier molecular flexibility index (Phi) is 3.69. The van der Waals surface area contributed by atoms with Crippen LogP contribution in [0.4, 0.5) is 5.69 Å². The lowest BCUT2D eigenvalue weighted by Crippen LogP contribution is -2.47. The molecular formula is C15H19N3O2. The van der Waals surface area contributed by atoms with Crippen LogP contribution in [0.3, 0.4) is 0 Å². The van der Waals surface area contributed by atoms with Gasteiger partial charge < -0.3 is 10.5 Å². The Morgan fingerprint density at radius 3 is 2.70 bits per heavy atom. The largest absolute Gasteiger partial charge is 0.411 e. The van der Waals surface area contributed by atoms with E-state index in [9.17, 15) is 4.79 Å². The molecule has 0 saturated carbocycles. The Balaban J connectivity index is 1.72. The van der Waals surface area contributed by atoms with Gasteiger partial charge in [-0.3, -0.25) is 9.69 Å². The molecule has 5 heteroatoms. The minimum absolute atomic E-state index is 0.0809. The number of fused-ring (bicyclic) bond motifs is 1. The van der Waals surface area contributed by atoms with Gasteiger partial charge in [-0.15, -0.1) is 0 Å². The third kappa shape index (κ3) is 2.54. The number of oxime groups is 1. The predicted octanol–water partition coefficient (Wildman–Crippen LogP) is 1.87. The Morgan fingerprint density at radius 2 is 1.95 bits per heavy atom. The van der Waals surface area contributed by atoms with Crippen molar-refractivity contribution >= 4 is 17.3 Å². The lowest BCUT2D eigenvalue weighted by atomic mass is 10.0. The van der Waals surface area contributed by atoms with Crippen LogP contribution >= 0.6 is 0 Å². The second-order valence-electron chi connectivity index (χ2n) is 5.40. The molecule has 1 amide bonds. The van der Waals surface area contributed by atoms with Crippen LogP contribution in [0.1, 0.15) is 24.8 Å². The van der Waals surface area contributed by atoms with Gasteiger partial charge in [-0.2, -0.15) is 0 Å². The molecule has 0 spiro atoms. The van der Waals surface area contributed by atoms with Crippen molar-refractivity contribution < 1.29 is 10.0 Å². The minimum Gasteiger partial charge on any atom is -0.411 e. The van der Waals surface area contributed by atoms with Gasteiger partial charge >= 0.3 is 0 Å². The van der Waals surface area contributed by atoms with Crippen molar-refractivity contribution in [1.29, 1.82) is 0 Å². The van der Waals surface area contributed by atoms with Crippen molar-refractivity contribution in [2.45, 2.75) is 31.7 Å². The first-order chi connectivity index (χ1) is 9.78. The van der Waals surface area contributed by atoms with E-state index in [0.717, 1.165) is 50.2 Å². The van der Waals surface area contributed by atoms with Gasteiger partial charge in [-0.25, -0.2) is 0 Å². The van der Waals surface area contributed by atoms with Crippen LogP contribution < -0.4 is 5.32 Å². The summed E-state index contributed by atoms with van der Waals surface area (Å²) in [5, 5.41) is 15.1. The van der Waals surface area contributed by atoms with E-state index in [4.69, 9.17) is 5.21 Å². The van der Waals surface area contributed by atoms with Crippen LogP contribution in [-0.2, 0) is 11.2 Å². The molecule has 2 heterocycles. The number of nitrogens with zero attached hydrogens (tertiary/aromatic N) is 2. The fourth-order valence-corrected chi connectivity index (χ4v) is 3.04. The number of amides is 1. The summed E-state index contributed by atoms with van der Waals surface area (Å²) in [4.78, 5) is 14.6. The standard InChI is InChI=1S/C15H19N3O2/c19-15-14(18-9-7-12(17-20)8-10-18)6-5-11-3-1-2-4-13(11)16-15/h1-4,14,20H,5-10H2,(H,16,19). The van der Waals surface area contributed by atoms with Crippen LogP contribution in [0.2, 0.25) is 0 Å². The third-order valence-electron chi connectivity index (χ3n) is 4.22. The lowest BCUT2D eigenvalue weighted by molar-refractivity contribution is -0.121. The number of carbonyl (C=O) groups is 1. The summed E-state index contributed by atoms with van der Waals surface area (Å²) >= 11 is 0. The van der Waals surface area contributed by atoms with E-state index in [1.807, 2.05) is 18.2 Å².